The molecular formula is C17H15Cl3N6O3. The normalized spacial score (nSPS) is 12.0. The number of carbonyl (C=O) groups is 1. The Hall–Kier alpha value is -2.62. The Bertz CT molecular complexity index is 1060. The van der Waals surface area contributed by atoms with Gasteiger partial charge in [-0.1, -0.05) is 47.8 Å². The van der Waals surface area contributed by atoms with Gasteiger partial charge in [-0.15, -0.1) is 0 Å². The molecule has 29 heavy (non-hydrogen) atoms. The molecule has 0 spiro atoms. The highest BCUT2D eigenvalue weighted by atomic mass is 35.5. The Balaban J connectivity index is 1.63. The van der Waals surface area contributed by atoms with Gasteiger partial charge >= 0.3 is 5.69 Å². The summed E-state index contributed by atoms with van der Waals surface area (Å²) in [5.74, 6) is -0.648. The predicted molar refractivity (Wildman–Crippen MR) is 109 cm³/mol. The molecule has 152 valence electrons. The molecule has 1 aromatic carbocycles. The first-order valence-corrected chi connectivity index (χ1v) is 9.51. The SMILES string of the molecule is CC(Cn1cc([N+](=O)[O-])cn1)C(=O)Nc1nn(Cc2ccc(Cl)c(Cl)c2)cc1Cl. The lowest BCUT2D eigenvalue weighted by molar-refractivity contribution is -0.385. The monoisotopic (exact) mass is 456 g/mol. The molecule has 1 amide bonds. The zero-order chi connectivity index (χ0) is 21.1. The van der Waals surface area contributed by atoms with Crippen LogP contribution in [0.2, 0.25) is 15.1 Å². The number of hydrogen-bond acceptors (Lipinski definition) is 5. The average Bonchev–Trinajstić information content (AvgIpc) is 3.25. The first-order chi connectivity index (χ1) is 13.7. The van der Waals surface area contributed by atoms with Crippen LogP contribution in [-0.2, 0) is 17.9 Å². The zero-order valence-electron chi connectivity index (χ0n) is 15.1. The Morgan fingerprint density at radius 3 is 2.62 bits per heavy atom. The van der Waals surface area contributed by atoms with Gasteiger partial charge in [0.2, 0.25) is 5.91 Å². The highest BCUT2D eigenvalue weighted by Crippen LogP contribution is 2.25. The standard InChI is InChI=1S/C17H15Cl3N6O3/c1-10(6-24-8-12(5-21-24)26(28)29)17(27)22-16-15(20)9-25(23-16)7-11-2-3-13(18)14(19)4-11/h2-5,8-10H,6-7H2,1H3,(H,22,23,27). The molecule has 0 bridgehead atoms. The van der Waals surface area contributed by atoms with Crippen molar-refractivity contribution in [3.8, 4) is 0 Å². The summed E-state index contributed by atoms with van der Waals surface area (Å²) in [4.78, 5) is 22.6. The molecule has 0 fully saturated rings. The van der Waals surface area contributed by atoms with Crippen LogP contribution in [0.1, 0.15) is 12.5 Å². The van der Waals surface area contributed by atoms with Gasteiger partial charge in [0, 0.05) is 6.20 Å². The molecule has 12 heteroatoms. The molecule has 0 saturated carbocycles. The lowest BCUT2D eigenvalue weighted by Gasteiger charge is -2.11. The molecule has 3 aromatic rings. The van der Waals surface area contributed by atoms with Gasteiger partial charge in [0.15, 0.2) is 5.82 Å². The van der Waals surface area contributed by atoms with E-state index in [2.05, 4.69) is 15.5 Å². The Labute approximate surface area is 180 Å². The van der Waals surface area contributed by atoms with E-state index in [1.165, 1.54) is 10.9 Å². The minimum absolute atomic E-state index is 0.137. The smallest absolute Gasteiger partial charge is 0.306 e. The summed E-state index contributed by atoms with van der Waals surface area (Å²) in [5.41, 5.74) is 0.729. The van der Waals surface area contributed by atoms with Crippen molar-refractivity contribution in [3.05, 3.63) is 67.5 Å². The number of aromatic nitrogens is 4. The fourth-order valence-corrected chi connectivity index (χ4v) is 3.06. The van der Waals surface area contributed by atoms with E-state index in [9.17, 15) is 14.9 Å². The van der Waals surface area contributed by atoms with Crippen molar-refractivity contribution in [1.29, 1.82) is 0 Å². The van der Waals surface area contributed by atoms with Gasteiger partial charge in [-0.2, -0.15) is 10.2 Å². The van der Waals surface area contributed by atoms with Crippen molar-refractivity contribution in [1.82, 2.24) is 19.6 Å². The van der Waals surface area contributed by atoms with Crippen LogP contribution in [0.5, 0.6) is 0 Å². The number of nitrogens with zero attached hydrogens (tertiary/aromatic N) is 5. The highest BCUT2D eigenvalue weighted by Gasteiger charge is 2.19. The summed E-state index contributed by atoms with van der Waals surface area (Å²) in [6.45, 7) is 2.23. The molecule has 0 aliphatic carbocycles. The van der Waals surface area contributed by atoms with Crippen LogP contribution in [0.25, 0.3) is 0 Å². The van der Waals surface area contributed by atoms with Gasteiger partial charge in [-0.3, -0.25) is 24.3 Å². The average molecular weight is 458 g/mol. The van der Waals surface area contributed by atoms with Crippen LogP contribution in [0.15, 0.2) is 36.8 Å². The van der Waals surface area contributed by atoms with Crippen LogP contribution in [-0.4, -0.2) is 30.4 Å². The summed E-state index contributed by atoms with van der Waals surface area (Å²) < 4.78 is 2.91. The molecule has 2 heterocycles. The summed E-state index contributed by atoms with van der Waals surface area (Å²) in [5, 5.41) is 22.7. The van der Waals surface area contributed by atoms with Gasteiger partial charge in [-0.05, 0) is 17.7 Å². The van der Waals surface area contributed by atoms with E-state index in [0.29, 0.717) is 16.6 Å². The van der Waals surface area contributed by atoms with Gasteiger partial charge in [-0.25, -0.2) is 0 Å². The van der Waals surface area contributed by atoms with Crippen LogP contribution in [0, 0.1) is 16.0 Å². The second kappa shape index (κ2) is 8.81. The van der Waals surface area contributed by atoms with Gasteiger partial charge < -0.3 is 5.32 Å². The number of benzene rings is 1. The molecule has 2 aromatic heterocycles. The fraction of sp³-hybridized carbons (Fsp3) is 0.235. The molecule has 0 aliphatic rings. The summed E-state index contributed by atoms with van der Waals surface area (Å²) in [6, 6.07) is 5.23. The molecular weight excluding hydrogens is 443 g/mol. The number of nitro groups is 1. The molecule has 0 saturated heterocycles. The van der Waals surface area contributed by atoms with E-state index in [4.69, 9.17) is 34.8 Å². The molecule has 0 radical (unpaired) electrons. The Morgan fingerprint density at radius 1 is 1.21 bits per heavy atom. The highest BCUT2D eigenvalue weighted by molar-refractivity contribution is 6.42. The van der Waals surface area contributed by atoms with E-state index < -0.39 is 10.8 Å². The van der Waals surface area contributed by atoms with Crippen LogP contribution in [0.3, 0.4) is 0 Å². The first-order valence-electron chi connectivity index (χ1n) is 8.37. The predicted octanol–water partition coefficient (Wildman–Crippen LogP) is 4.27. The largest absolute Gasteiger partial charge is 0.308 e. The third-order valence-corrected chi connectivity index (χ3v) is 5.04. The quantitative estimate of drug-likeness (QED) is 0.421. The zero-order valence-corrected chi connectivity index (χ0v) is 17.3. The van der Waals surface area contributed by atoms with Gasteiger partial charge in [0.05, 0.1) is 34.0 Å². The summed E-state index contributed by atoms with van der Waals surface area (Å²) >= 11 is 18.1. The van der Waals surface area contributed by atoms with E-state index in [0.717, 1.165) is 11.8 Å². The lowest BCUT2D eigenvalue weighted by atomic mass is 10.1. The van der Waals surface area contributed by atoms with Gasteiger partial charge in [0.1, 0.15) is 17.4 Å². The van der Waals surface area contributed by atoms with Crippen molar-refractivity contribution >= 4 is 52.2 Å². The topological polar surface area (TPSA) is 108 Å². The molecule has 0 aliphatic heterocycles. The van der Waals surface area contributed by atoms with E-state index in [1.807, 2.05) is 6.07 Å². The molecule has 9 nitrogen and oxygen atoms in total. The maximum Gasteiger partial charge on any atom is 0.306 e. The number of hydrogen-bond donors (Lipinski definition) is 1. The number of anilines is 1. The number of nitrogens with one attached hydrogen (secondary N) is 1. The summed E-state index contributed by atoms with van der Waals surface area (Å²) in [7, 11) is 0. The van der Waals surface area contributed by atoms with Gasteiger partial charge in [0.25, 0.3) is 0 Å². The molecule has 1 N–H and O–H groups in total. The molecule has 1 unspecified atom stereocenters. The van der Waals surface area contributed by atoms with Crippen molar-refractivity contribution in [2.75, 3.05) is 5.32 Å². The second-order valence-electron chi connectivity index (χ2n) is 6.34. The van der Waals surface area contributed by atoms with Crippen molar-refractivity contribution in [2.24, 2.45) is 5.92 Å². The lowest BCUT2D eigenvalue weighted by Crippen LogP contribution is -2.25. The second-order valence-corrected chi connectivity index (χ2v) is 7.56. The van der Waals surface area contributed by atoms with Crippen LogP contribution >= 0.6 is 34.8 Å². The Kier molecular flexibility index (Phi) is 6.41. The number of amides is 1. The van der Waals surface area contributed by atoms with E-state index >= 15 is 0 Å². The minimum Gasteiger partial charge on any atom is -0.308 e. The number of carbonyl (C=O) groups excluding carboxylic acids is 1. The van der Waals surface area contributed by atoms with E-state index in [1.54, 1.807) is 29.9 Å². The fourth-order valence-electron chi connectivity index (χ4n) is 2.54. The van der Waals surface area contributed by atoms with E-state index in [-0.39, 0.29) is 29.0 Å². The Morgan fingerprint density at radius 2 is 1.97 bits per heavy atom. The van der Waals surface area contributed by atoms with Crippen LogP contribution in [0.4, 0.5) is 11.5 Å². The first kappa shape index (κ1) is 21.1. The molecule has 1 atom stereocenters. The maximum atomic E-state index is 12.4. The van der Waals surface area contributed by atoms with Crippen molar-refractivity contribution < 1.29 is 9.72 Å². The maximum absolute atomic E-state index is 12.4. The third-order valence-electron chi connectivity index (χ3n) is 4.03. The number of rotatable bonds is 7. The van der Waals surface area contributed by atoms with Crippen molar-refractivity contribution in [2.45, 2.75) is 20.0 Å². The van der Waals surface area contributed by atoms with Crippen LogP contribution < -0.4 is 5.32 Å². The third kappa shape index (κ3) is 5.26. The minimum atomic E-state index is -0.547. The van der Waals surface area contributed by atoms with Crippen molar-refractivity contribution in [3.63, 3.8) is 0 Å². The summed E-state index contributed by atoms with van der Waals surface area (Å²) in [6.07, 6.45) is 3.98. The molecule has 3 rings (SSSR count). The number of halogens is 3.